The van der Waals surface area contributed by atoms with Crippen LogP contribution in [0.1, 0.15) is 16.3 Å². The summed E-state index contributed by atoms with van der Waals surface area (Å²) in [5.74, 6) is 0.668. The first kappa shape index (κ1) is 12.4. The van der Waals surface area contributed by atoms with Crippen molar-refractivity contribution in [3.05, 3.63) is 62.0 Å². The van der Waals surface area contributed by atoms with Crippen LogP contribution in [0.4, 0.5) is 0 Å². The van der Waals surface area contributed by atoms with Crippen molar-refractivity contribution in [1.29, 1.82) is 0 Å². The molecule has 0 aliphatic heterocycles. The molecule has 0 aliphatic rings. The minimum absolute atomic E-state index is 0.0774. The molecule has 2 aromatic heterocycles. The number of rotatable bonds is 2. The summed E-state index contributed by atoms with van der Waals surface area (Å²) in [7, 11) is 0. The first-order valence-electron chi connectivity index (χ1n) is 5.85. The number of H-pyrrole nitrogens is 1. The zero-order chi connectivity index (χ0) is 13.4. The summed E-state index contributed by atoms with van der Waals surface area (Å²) >= 11 is 7.49. The quantitative estimate of drug-likeness (QED) is 0.785. The number of nitrogens with one attached hydrogen (secondary N) is 1. The molecule has 0 bridgehead atoms. The Morgan fingerprint density at radius 3 is 3.00 bits per heavy atom. The van der Waals surface area contributed by atoms with Crippen LogP contribution in [-0.2, 0) is 6.42 Å². The number of thiophene rings is 1. The molecule has 1 N–H and O–H groups in total. The predicted octanol–water partition coefficient (Wildman–Crippen LogP) is 3.54. The topological polar surface area (TPSA) is 45.8 Å². The molecule has 5 heteroatoms. The molecular formula is C14H11ClN2OS. The standard InChI is InChI=1S/C14H11ClN2OS/c1-8-5-11-13(18)16-12(17-14(11)19-8)7-9-3-2-4-10(15)6-9/h2-6H,7H2,1H3,(H,16,17,18). The third-order valence-electron chi connectivity index (χ3n) is 2.84. The lowest BCUT2D eigenvalue weighted by Gasteiger charge is -2.02. The Balaban J connectivity index is 2.04. The van der Waals surface area contributed by atoms with E-state index in [2.05, 4.69) is 9.97 Å². The molecular weight excluding hydrogens is 280 g/mol. The molecule has 0 saturated carbocycles. The second-order valence-electron chi connectivity index (χ2n) is 4.40. The van der Waals surface area contributed by atoms with Crippen LogP contribution in [0.5, 0.6) is 0 Å². The summed E-state index contributed by atoms with van der Waals surface area (Å²) in [6, 6.07) is 9.44. The minimum Gasteiger partial charge on any atom is -0.310 e. The number of fused-ring (bicyclic) bond motifs is 1. The molecule has 2 heterocycles. The number of nitrogens with zero attached hydrogens (tertiary/aromatic N) is 1. The van der Waals surface area contributed by atoms with E-state index in [1.807, 2.05) is 37.3 Å². The van der Waals surface area contributed by atoms with Crippen molar-refractivity contribution in [3.63, 3.8) is 0 Å². The van der Waals surface area contributed by atoms with E-state index < -0.39 is 0 Å². The first-order valence-corrected chi connectivity index (χ1v) is 7.05. The molecule has 0 unspecified atom stereocenters. The van der Waals surface area contributed by atoms with Gasteiger partial charge in [0.05, 0.1) is 5.39 Å². The normalized spacial score (nSPS) is 11.1. The summed E-state index contributed by atoms with van der Waals surface area (Å²) in [5, 5.41) is 1.35. The highest BCUT2D eigenvalue weighted by Crippen LogP contribution is 2.20. The largest absolute Gasteiger partial charge is 0.310 e. The van der Waals surface area contributed by atoms with Gasteiger partial charge in [0.1, 0.15) is 10.7 Å². The zero-order valence-electron chi connectivity index (χ0n) is 10.2. The highest BCUT2D eigenvalue weighted by molar-refractivity contribution is 7.18. The van der Waals surface area contributed by atoms with Gasteiger partial charge in [-0.25, -0.2) is 4.98 Å². The maximum Gasteiger partial charge on any atom is 0.259 e. The monoisotopic (exact) mass is 290 g/mol. The van der Waals surface area contributed by atoms with E-state index in [-0.39, 0.29) is 5.56 Å². The van der Waals surface area contributed by atoms with Crippen LogP contribution in [0.3, 0.4) is 0 Å². The van der Waals surface area contributed by atoms with Crippen molar-refractivity contribution in [2.45, 2.75) is 13.3 Å². The molecule has 3 nitrogen and oxygen atoms in total. The van der Waals surface area contributed by atoms with Crippen LogP contribution in [0.25, 0.3) is 10.2 Å². The summed E-state index contributed by atoms with van der Waals surface area (Å²) < 4.78 is 0. The van der Waals surface area contributed by atoms with Gasteiger partial charge in [0.15, 0.2) is 0 Å². The zero-order valence-corrected chi connectivity index (χ0v) is 11.8. The van der Waals surface area contributed by atoms with Gasteiger partial charge in [-0.15, -0.1) is 11.3 Å². The van der Waals surface area contributed by atoms with Crippen molar-refractivity contribution in [3.8, 4) is 0 Å². The van der Waals surface area contributed by atoms with Crippen molar-refractivity contribution in [2.75, 3.05) is 0 Å². The van der Waals surface area contributed by atoms with Crippen LogP contribution in [0, 0.1) is 6.92 Å². The van der Waals surface area contributed by atoms with Gasteiger partial charge in [-0.1, -0.05) is 23.7 Å². The number of benzene rings is 1. The van der Waals surface area contributed by atoms with Crippen LogP contribution in [-0.4, -0.2) is 9.97 Å². The molecule has 1 aromatic carbocycles. The predicted molar refractivity (Wildman–Crippen MR) is 79.2 cm³/mol. The summed E-state index contributed by atoms with van der Waals surface area (Å²) in [4.78, 5) is 21.2. The molecule has 0 amide bonds. The van der Waals surface area contributed by atoms with Crippen LogP contribution in [0.15, 0.2) is 35.1 Å². The molecule has 96 valence electrons. The van der Waals surface area contributed by atoms with Gasteiger partial charge in [0.25, 0.3) is 5.56 Å². The van der Waals surface area contributed by atoms with Gasteiger partial charge in [0.2, 0.25) is 0 Å². The fourth-order valence-electron chi connectivity index (χ4n) is 2.02. The van der Waals surface area contributed by atoms with Gasteiger partial charge >= 0.3 is 0 Å². The second kappa shape index (κ2) is 4.79. The Hall–Kier alpha value is -1.65. The van der Waals surface area contributed by atoms with Crippen molar-refractivity contribution >= 4 is 33.2 Å². The van der Waals surface area contributed by atoms with Crippen LogP contribution in [0.2, 0.25) is 5.02 Å². The molecule has 0 spiro atoms. The highest BCUT2D eigenvalue weighted by Gasteiger charge is 2.07. The van der Waals surface area contributed by atoms with Crippen molar-refractivity contribution in [1.82, 2.24) is 9.97 Å². The molecule has 0 atom stereocenters. The summed E-state index contributed by atoms with van der Waals surface area (Å²) in [6.45, 7) is 1.97. The molecule has 0 radical (unpaired) electrons. The smallest absolute Gasteiger partial charge is 0.259 e. The lowest BCUT2D eigenvalue weighted by Crippen LogP contribution is -2.10. The molecule has 3 rings (SSSR count). The Morgan fingerprint density at radius 2 is 2.21 bits per heavy atom. The Bertz CT molecular complexity index is 807. The Kier molecular flexibility index (Phi) is 3.12. The van der Waals surface area contributed by atoms with Gasteiger partial charge < -0.3 is 4.98 Å². The van der Waals surface area contributed by atoms with Crippen molar-refractivity contribution in [2.24, 2.45) is 0 Å². The third-order valence-corrected chi connectivity index (χ3v) is 4.01. The molecule has 0 aliphatic carbocycles. The van der Waals surface area contributed by atoms with Crippen molar-refractivity contribution < 1.29 is 0 Å². The fourth-order valence-corrected chi connectivity index (χ4v) is 3.13. The summed E-state index contributed by atoms with van der Waals surface area (Å²) in [6.07, 6.45) is 0.572. The van der Waals surface area contributed by atoms with Gasteiger partial charge in [-0.3, -0.25) is 4.79 Å². The number of aromatic amines is 1. The average molecular weight is 291 g/mol. The van der Waals surface area contributed by atoms with E-state index >= 15 is 0 Å². The number of aryl methyl sites for hydroxylation is 1. The molecule has 19 heavy (non-hydrogen) atoms. The molecule has 0 saturated heterocycles. The number of hydrogen-bond donors (Lipinski definition) is 1. The van der Waals surface area contributed by atoms with E-state index in [1.54, 1.807) is 0 Å². The van der Waals surface area contributed by atoms with E-state index in [4.69, 9.17) is 11.6 Å². The maximum absolute atomic E-state index is 12.0. The third kappa shape index (κ3) is 2.55. The van der Waals surface area contributed by atoms with E-state index in [1.165, 1.54) is 11.3 Å². The summed E-state index contributed by atoms with van der Waals surface area (Å²) in [5.41, 5.74) is 0.953. The number of halogens is 1. The fraction of sp³-hybridized carbons (Fsp3) is 0.143. The number of aromatic nitrogens is 2. The average Bonchev–Trinajstić information content (AvgIpc) is 2.70. The second-order valence-corrected chi connectivity index (χ2v) is 6.07. The van der Waals surface area contributed by atoms with Gasteiger partial charge in [0, 0.05) is 16.3 Å². The molecule has 0 fully saturated rings. The highest BCUT2D eigenvalue weighted by atomic mass is 35.5. The Labute approximate surface area is 118 Å². The SMILES string of the molecule is Cc1cc2c(=O)[nH]c(Cc3cccc(Cl)c3)nc2s1. The lowest BCUT2D eigenvalue weighted by atomic mass is 10.1. The Morgan fingerprint density at radius 1 is 1.37 bits per heavy atom. The maximum atomic E-state index is 12.0. The van der Waals surface area contributed by atoms with Gasteiger partial charge in [-0.2, -0.15) is 0 Å². The van der Waals surface area contributed by atoms with E-state index in [0.29, 0.717) is 22.7 Å². The van der Waals surface area contributed by atoms with Crippen LogP contribution < -0.4 is 5.56 Å². The lowest BCUT2D eigenvalue weighted by molar-refractivity contribution is 0.977. The van der Waals surface area contributed by atoms with Gasteiger partial charge in [-0.05, 0) is 30.7 Å². The van der Waals surface area contributed by atoms with E-state index in [9.17, 15) is 4.79 Å². The number of hydrogen-bond acceptors (Lipinski definition) is 3. The van der Waals surface area contributed by atoms with E-state index in [0.717, 1.165) is 15.3 Å². The van der Waals surface area contributed by atoms with Crippen LogP contribution >= 0.6 is 22.9 Å². The minimum atomic E-state index is -0.0774. The first-order chi connectivity index (χ1) is 9.11. The molecule has 3 aromatic rings.